The lowest BCUT2D eigenvalue weighted by atomic mass is 9.70. The van der Waals surface area contributed by atoms with Gasteiger partial charge in [0.15, 0.2) is 0 Å². The van der Waals surface area contributed by atoms with Crippen molar-refractivity contribution in [3.8, 4) is 0 Å². The van der Waals surface area contributed by atoms with E-state index in [1.807, 2.05) is 13.8 Å². The zero-order valence-electron chi connectivity index (χ0n) is 9.98. The van der Waals surface area contributed by atoms with Crippen LogP contribution < -0.4 is 0 Å². The van der Waals surface area contributed by atoms with Crippen molar-refractivity contribution in [2.75, 3.05) is 0 Å². The minimum absolute atomic E-state index is 0.0392. The van der Waals surface area contributed by atoms with Crippen LogP contribution in [0.2, 0.25) is 0 Å². The predicted octanol–water partition coefficient (Wildman–Crippen LogP) is 3.91. The molecule has 0 spiro atoms. The Morgan fingerprint density at radius 3 is 2.56 bits per heavy atom. The summed E-state index contributed by atoms with van der Waals surface area (Å²) in [5.41, 5.74) is -1.10. The van der Waals surface area contributed by atoms with Gasteiger partial charge in [-0.05, 0) is 38.0 Å². The van der Waals surface area contributed by atoms with Gasteiger partial charge in [0.05, 0.1) is 11.5 Å². The second kappa shape index (κ2) is 4.94. The first-order valence-corrected chi connectivity index (χ1v) is 6.08. The molecule has 0 aromatic heterocycles. The molecule has 1 saturated carbocycles. The molecule has 0 radical (unpaired) electrons. The van der Waals surface area contributed by atoms with Crippen LogP contribution in [0.4, 0.5) is 13.2 Å². The van der Waals surface area contributed by atoms with E-state index in [2.05, 4.69) is 0 Å². The van der Waals surface area contributed by atoms with Crippen molar-refractivity contribution in [2.24, 2.45) is 11.8 Å². The van der Waals surface area contributed by atoms with Gasteiger partial charge in [-0.25, -0.2) is 0 Å². The minimum atomic E-state index is -4.15. The number of halogens is 3. The fraction of sp³-hybridized carbons (Fsp3) is 1.00. The highest BCUT2D eigenvalue weighted by Gasteiger charge is 2.48. The van der Waals surface area contributed by atoms with Crippen LogP contribution in [0.5, 0.6) is 0 Å². The summed E-state index contributed by atoms with van der Waals surface area (Å²) in [6, 6.07) is 0. The fourth-order valence-electron chi connectivity index (χ4n) is 2.71. The zero-order chi connectivity index (χ0) is 12.4. The van der Waals surface area contributed by atoms with Gasteiger partial charge in [0.2, 0.25) is 0 Å². The highest BCUT2D eigenvalue weighted by atomic mass is 19.4. The molecule has 3 atom stereocenters. The molecule has 0 aromatic carbocycles. The van der Waals surface area contributed by atoms with Gasteiger partial charge >= 0.3 is 6.18 Å². The summed E-state index contributed by atoms with van der Waals surface area (Å²) in [7, 11) is 0. The highest BCUT2D eigenvalue weighted by molar-refractivity contribution is 4.92. The number of aliphatic hydroxyl groups is 1. The molecule has 3 unspecified atom stereocenters. The van der Waals surface area contributed by atoms with Gasteiger partial charge in [0.1, 0.15) is 0 Å². The molecular weight excluding hydrogens is 217 g/mol. The van der Waals surface area contributed by atoms with Crippen LogP contribution in [0.25, 0.3) is 0 Å². The summed E-state index contributed by atoms with van der Waals surface area (Å²) in [6.45, 7) is 3.85. The molecule has 1 fully saturated rings. The van der Waals surface area contributed by atoms with Crippen LogP contribution in [-0.2, 0) is 0 Å². The Bertz CT molecular complexity index is 227. The van der Waals surface area contributed by atoms with Crippen LogP contribution in [0.15, 0.2) is 0 Å². The fourth-order valence-corrected chi connectivity index (χ4v) is 2.71. The Hall–Kier alpha value is -0.250. The molecule has 1 N–H and O–H groups in total. The molecule has 1 rings (SSSR count). The third kappa shape index (κ3) is 3.12. The van der Waals surface area contributed by atoms with E-state index in [4.69, 9.17) is 0 Å². The maximum Gasteiger partial charge on any atom is 0.391 e. The van der Waals surface area contributed by atoms with Gasteiger partial charge in [-0.15, -0.1) is 0 Å². The largest absolute Gasteiger partial charge is 0.391 e. The second-order valence-electron chi connectivity index (χ2n) is 5.13. The zero-order valence-corrected chi connectivity index (χ0v) is 9.98. The Morgan fingerprint density at radius 2 is 2.06 bits per heavy atom. The molecule has 0 aromatic rings. The van der Waals surface area contributed by atoms with Crippen molar-refractivity contribution in [1.82, 2.24) is 0 Å². The lowest BCUT2D eigenvalue weighted by Gasteiger charge is -2.41. The predicted molar refractivity (Wildman–Crippen MR) is 57.0 cm³/mol. The van der Waals surface area contributed by atoms with Crippen molar-refractivity contribution in [1.29, 1.82) is 0 Å². The van der Waals surface area contributed by atoms with Crippen molar-refractivity contribution >= 4 is 0 Å². The van der Waals surface area contributed by atoms with E-state index in [1.54, 1.807) is 0 Å². The summed E-state index contributed by atoms with van der Waals surface area (Å²) in [4.78, 5) is 0. The third-order valence-electron chi connectivity index (χ3n) is 3.86. The van der Waals surface area contributed by atoms with Gasteiger partial charge in [-0.3, -0.25) is 0 Å². The van der Waals surface area contributed by atoms with Gasteiger partial charge in [0, 0.05) is 0 Å². The summed E-state index contributed by atoms with van der Waals surface area (Å²) in [6.07, 6.45) is -1.40. The molecule has 4 heteroatoms. The van der Waals surface area contributed by atoms with Crippen LogP contribution in [0.3, 0.4) is 0 Å². The van der Waals surface area contributed by atoms with E-state index in [9.17, 15) is 18.3 Å². The van der Waals surface area contributed by atoms with Crippen LogP contribution in [-0.4, -0.2) is 16.9 Å². The van der Waals surface area contributed by atoms with Gasteiger partial charge in [0.25, 0.3) is 0 Å². The molecule has 1 aliphatic rings. The Labute approximate surface area is 95.0 Å². The van der Waals surface area contributed by atoms with E-state index in [1.165, 1.54) is 0 Å². The van der Waals surface area contributed by atoms with Crippen LogP contribution in [0.1, 0.15) is 52.4 Å². The second-order valence-corrected chi connectivity index (χ2v) is 5.13. The van der Waals surface area contributed by atoms with Crippen LogP contribution in [0, 0.1) is 11.8 Å². The van der Waals surface area contributed by atoms with E-state index < -0.39 is 17.7 Å². The smallest absolute Gasteiger partial charge is 0.390 e. The van der Waals surface area contributed by atoms with E-state index in [0.717, 1.165) is 12.8 Å². The summed E-state index contributed by atoms with van der Waals surface area (Å²) in [5.74, 6) is -1.35. The van der Waals surface area contributed by atoms with Crippen molar-refractivity contribution in [3.63, 3.8) is 0 Å². The summed E-state index contributed by atoms with van der Waals surface area (Å²) < 4.78 is 37.9. The molecule has 0 heterocycles. The molecule has 0 aliphatic heterocycles. The third-order valence-corrected chi connectivity index (χ3v) is 3.86. The topological polar surface area (TPSA) is 20.2 Å². The Balaban J connectivity index is 2.68. The van der Waals surface area contributed by atoms with Gasteiger partial charge < -0.3 is 5.11 Å². The standard InChI is InChI=1S/C12H21F3O/c1-3-5-9(2)11(16)7-4-6-10(8-11)12(13,14)15/h9-10,16H,3-8H2,1-2H3. The SMILES string of the molecule is CCCC(C)C1(O)CCCC(C(F)(F)F)C1. The van der Waals surface area contributed by atoms with Gasteiger partial charge in [-0.2, -0.15) is 13.2 Å². The molecule has 1 nitrogen and oxygen atoms in total. The molecule has 0 amide bonds. The molecule has 1 aliphatic carbocycles. The molecule has 16 heavy (non-hydrogen) atoms. The normalized spacial score (nSPS) is 33.8. The minimum Gasteiger partial charge on any atom is -0.390 e. The van der Waals surface area contributed by atoms with Gasteiger partial charge in [-0.1, -0.05) is 20.3 Å². The lowest BCUT2D eigenvalue weighted by molar-refractivity contribution is -0.206. The highest BCUT2D eigenvalue weighted by Crippen LogP contribution is 2.45. The van der Waals surface area contributed by atoms with Crippen molar-refractivity contribution in [3.05, 3.63) is 0 Å². The number of hydrogen-bond donors (Lipinski definition) is 1. The molecule has 96 valence electrons. The van der Waals surface area contributed by atoms with Crippen molar-refractivity contribution in [2.45, 2.75) is 64.1 Å². The average Bonchev–Trinajstić information content (AvgIpc) is 2.17. The Kier molecular flexibility index (Phi) is 4.27. The first kappa shape index (κ1) is 13.8. The van der Waals surface area contributed by atoms with E-state index >= 15 is 0 Å². The van der Waals surface area contributed by atoms with Crippen LogP contribution >= 0.6 is 0 Å². The number of rotatable bonds is 3. The lowest BCUT2D eigenvalue weighted by Crippen LogP contribution is -2.44. The summed E-state index contributed by atoms with van der Waals surface area (Å²) >= 11 is 0. The first-order chi connectivity index (χ1) is 7.29. The molecule has 0 saturated heterocycles. The molecular formula is C12H21F3O. The molecule has 0 bridgehead atoms. The first-order valence-electron chi connectivity index (χ1n) is 6.08. The van der Waals surface area contributed by atoms with Crippen molar-refractivity contribution < 1.29 is 18.3 Å². The number of alkyl halides is 3. The quantitative estimate of drug-likeness (QED) is 0.790. The monoisotopic (exact) mass is 238 g/mol. The summed E-state index contributed by atoms with van der Waals surface area (Å²) in [5, 5.41) is 10.3. The van der Waals surface area contributed by atoms with E-state index in [-0.39, 0.29) is 18.8 Å². The maximum atomic E-state index is 12.6. The maximum absolute atomic E-state index is 12.6. The number of hydrogen-bond acceptors (Lipinski definition) is 1. The average molecular weight is 238 g/mol. The van der Waals surface area contributed by atoms with E-state index in [0.29, 0.717) is 12.8 Å². The Morgan fingerprint density at radius 1 is 1.44 bits per heavy atom.